The zero-order chi connectivity index (χ0) is 31.7. The number of allylic oxidation sites excluding steroid dienone is 1. The standard InChI is InChI=1S/C34H36ClN3O7/c1-21-10-7-13-23(35)29(21)37-17-8-16-34-28(31(41)38(18-9-19-39)30(34)32(37)42)27-24(45-34)14-5-6-15-26(40)36-20-25(44-33(27)43)22-11-3-2-4-12-22/h2-5,7-8,10-14,16,24-25,27-28,30,39H,6,9,15,17-20H2,1H3,(H,36,40)/b14-5-/t24-,25+,27+,28+,30-,34+/m0/s1. The fraction of sp³-hybridized carbons (Fsp3) is 0.412. The number of anilines is 1. The van der Waals surface area contributed by atoms with Crippen molar-refractivity contribution in [2.75, 3.05) is 31.1 Å². The van der Waals surface area contributed by atoms with Crippen molar-refractivity contribution in [2.24, 2.45) is 11.8 Å². The van der Waals surface area contributed by atoms with Gasteiger partial charge in [-0.3, -0.25) is 19.2 Å². The summed E-state index contributed by atoms with van der Waals surface area (Å²) in [7, 11) is 0. The molecule has 4 aliphatic heterocycles. The van der Waals surface area contributed by atoms with Crippen LogP contribution < -0.4 is 10.2 Å². The average molecular weight is 634 g/mol. The van der Waals surface area contributed by atoms with Crippen LogP contribution in [0.15, 0.2) is 72.8 Å². The quantitative estimate of drug-likeness (QED) is 0.382. The fourth-order valence-corrected chi connectivity index (χ4v) is 7.38. The van der Waals surface area contributed by atoms with Crippen LogP contribution in [0.1, 0.15) is 36.5 Å². The van der Waals surface area contributed by atoms with Crippen LogP contribution in [0.5, 0.6) is 0 Å². The predicted octanol–water partition coefficient (Wildman–Crippen LogP) is 3.27. The van der Waals surface area contributed by atoms with E-state index in [1.54, 1.807) is 41.3 Å². The van der Waals surface area contributed by atoms with E-state index in [1.165, 1.54) is 4.90 Å². The number of esters is 1. The molecule has 45 heavy (non-hydrogen) atoms. The summed E-state index contributed by atoms with van der Waals surface area (Å²) in [4.78, 5) is 58.7. The topological polar surface area (TPSA) is 125 Å². The van der Waals surface area contributed by atoms with E-state index in [1.807, 2.05) is 43.3 Å². The largest absolute Gasteiger partial charge is 0.455 e. The number of hydrogen-bond acceptors (Lipinski definition) is 7. The Morgan fingerprint density at radius 2 is 1.84 bits per heavy atom. The van der Waals surface area contributed by atoms with Gasteiger partial charge in [-0.05, 0) is 37.0 Å². The number of halogens is 1. The molecule has 6 atom stereocenters. The minimum absolute atomic E-state index is 0.0656. The third-order valence-electron chi connectivity index (χ3n) is 9.06. The number of fused-ring (bicyclic) bond motifs is 2. The molecule has 4 heterocycles. The van der Waals surface area contributed by atoms with Crippen LogP contribution in [-0.4, -0.2) is 77.7 Å². The molecule has 2 N–H and O–H groups in total. The van der Waals surface area contributed by atoms with Gasteiger partial charge in [0.25, 0.3) is 5.91 Å². The summed E-state index contributed by atoms with van der Waals surface area (Å²) in [5.41, 5.74) is 0.538. The normalized spacial score (nSPS) is 30.8. The maximum Gasteiger partial charge on any atom is 0.313 e. The molecule has 0 aromatic heterocycles. The molecule has 3 amide bonds. The van der Waals surface area contributed by atoms with Crippen LogP contribution in [0.2, 0.25) is 5.02 Å². The second-order valence-electron chi connectivity index (χ2n) is 11.8. The van der Waals surface area contributed by atoms with E-state index in [0.717, 1.165) is 5.56 Å². The van der Waals surface area contributed by atoms with Crippen LogP contribution in [0.3, 0.4) is 0 Å². The van der Waals surface area contributed by atoms with Gasteiger partial charge >= 0.3 is 5.97 Å². The van der Waals surface area contributed by atoms with Gasteiger partial charge in [0.1, 0.15) is 23.7 Å². The smallest absolute Gasteiger partial charge is 0.313 e. The van der Waals surface area contributed by atoms with Gasteiger partial charge in [0.05, 0.1) is 29.3 Å². The van der Waals surface area contributed by atoms with Crippen molar-refractivity contribution in [2.45, 2.75) is 50.0 Å². The summed E-state index contributed by atoms with van der Waals surface area (Å²) in [5.74, 6) is -3.78. The van der Waals surface area contributed by atoms with Crippen molar-refractivity contribution in [3.63, 3.8) is 0 Å². The van der Waals surface area contributed by atoms with E-state index >= 15 is 0 Å². The molecule has 1 spiro atoms. The summed E-state index contributed by atoms with van der Waals surface area (Å²) in [5, 5.41) is 12.9. The van der Waals surface area contributed by atoms with Crippen LogP contribution in [0.25, 0.3) is 0 Å². The number of carbonyl (C=O) groups excluding carboxylic acids is 4. The molecule has 2 fully saturated rings. The van der Waals surface area contributed by atoms with Crippen LogP contribution in [0, 0.1) is 18.8 Å². The number of benzene rings is 2. The summed E-state index contributed by atoms with van der Waals surface area (Å²) in [6.07, 6.45) is 6.17. The number of amides is 3. The van der Waals surface area contributed by atoms with Gasteiger partial charge in [-0.25, -0.2) is 0 Å². The summed E-state index contributed by atoms with van der Waals surface area (Å²) in [6.45, 7) is 2.01. The lowest BCUT2D eigenvalue weighted by atomic mass is 9.78. The highest BCUT2D eigenvalue weighted by Crippen LogP contribution is 2.53. The van der Waals surface area contributed by atoms with Gasteiger partial charge in [0.2, 0.25) is 11.8 Å². The van der Waals surface area contributed by atoms with E-state index < -0.39 is 53.5 Å². The van der Waals surface area contributed by atoms with E-state index in [9.17, 15) is 24.3 Å². The van der Waals surface area contributed by atoms with Gasteiger partial charge in [-0.1, -0.05) is 78.4 Å². The number of aliphatic hydroxyl groups excluding tert-OH is 1. The summed E-state index contributed by atoms with van der Waals surface area (Å²) < 4.78 is 12.8. The molecule has 2 aromatic rings. The van der Waals surface area contributed by atoms with Crippen LogP contribution in [-0.2, 0) is 28.7 Å². The number of para-hydroxylation sites is 1. The number of aryl methyl sites for hydroxylation is 1. The Balaban J connectivity index is 1.44. The molecule has 0 radical (unpaired) electrons. The Bertz CT molecular complexity index is 1530. The Labute approximate surface area is 266 Å². The Morgan fingerprint density at radius 3 is 2.60 bits per heavy atom. The second kappa shape index (κ2) is 12.8. The van der Waals surface area contributed by atoms with Crippen molar-refractivity contribution in [1.29, 1.82) is 0 Å². The number of hydrogen-bond donors (Lipinski definition) is 2. The highest BCUT2D eigenvalue weighted by atomic mass is 35.5. The van der Waals surface area contributed by atoms with Gasteiger partial charge in [0.15, 0.2) is 0 Å². The molecule has 2 aromatic carbocycles. The first kappa shape index (κ1) is 31.0. The van der Waals surface area contributed by atoms with Gasteiger partial charge in [-0.2, -0.15) is 0 Å². The molecule has 0 unspecified atom stereocenters. The molecular weight excluding hydrogens is 598 g/mol. The Morgan fingerprint density at radius 1 is 1.04 bits per heavy atom. The molecule has 0 bridgehead atoms. The predicted molar refractivity (Wildman–Crippen MR) is 166 cm³/mol. The number of rotatable bonds is 5. The minimum Gasteiger partial charge on any atom is -0.455 e. The molecule has 10 nitrogen and oxygen atoms in total. The van der Waals surface area contributed by atoms with Crippen molar-refractivity contribution in [3.8, 4) is 0 Å². The molecule has 11 heteroatoms. The van der Waals surface area contributed by atoms with Crippen LogP contribution >= 0.6 is 11.6 Å². The third kappa shape index (κ3) is 5.55. The lowest BCUT2D eigenvalue weighted by molar-refractivity contribution is -0.159. The van der Waals surface area contributed by atoms with Crippen LogP contribution in [0.4, 0.5) is 5.69 Å². The van der Waals surface area contributed by atoms with Gasteiger partial charge in [0, 0.05) is 26.1 Å². The lowest BCUT2D eigenvalue weighted by Gasteiger charge is -2.35. The molecule has 236 valence electrons. The number of likely N-dealkylation sites (tertiary alicyclic amines) is 1. The number of carbonyl (C=O) groups is 4. The second-order valence-corrected chi connectivity index (χ2v) is 12.2. The summed E-state index contributed by atoms with van der Waals surface area (Å²) in [6, 6.07) is 13.4. The van der Waals surface area contributed by atoms with Crippen molar-refractivity contribution in [3.05, 3.63) is 89.0 Å². The fourth-order valence-electron chi connectivity index (χ4n) is 7.05. The Hall–Kier alpha value is -3.99. The van der Waals surface area contributed by atoms with Crippen molar-refractivity contribution in [1.82, 2.24) is 10.2 Å². The maximum atomic E-state index is 14.6. The lowest BCUT2D eigenvalue weighted by Crippen LogP contribution is -2.55. The third-order valence-corrected chi connectivity index (χ3v) is 9.36. The highest BCUT2D eigenvalue weighted by molar-refractivity contribution is 6.34. The highest BCUT2D eigenvalue weighted by Gasteiger charge is 2.71. The van der Waals surface area contributed by atoms with E-state index in [0.29, 0.717) is 22.7 Å². The first-order chi connectivity index (χ1) is 21.8. The zero-order valence-electron chi connectivity index (χ0n) is 24.9. The van der Waals surface area contributed by atoms with Crippen molar-refractivity contribution < 1.29 is 33.8 Å². The Kier molecular flexibility index (Phi) is 8.81. The van der Waals surface area contributed by atoms with Crippen molar-refractivity contribution >= 4 is 41.0 Å². The molecule has 4 aliphatic rings. The number of nitrogens with one attached hydrogen (secondary N) is 1. The number of nitrogens with zero attached hydrogens (tertiary/aromatic N) is 2. The average Bonchev–Trinajstić information content (AvgIpc) is 3.41. The SMILES string of the molecule is Cc1cccc(Cl)c1N1CC=C[C@@]23O[C@H]4/C=C\CCC(=O)NC[C@H](c5ccccc5)OC(=O)[C@H]4[C@@H]2C(=O)N(CCCO)[C@H]3C1=O. The van der Waals surface area contributed by atoms with E-state index in [2.05, 4.69) is 5.32 Å². The van der Waals surface area contributed by atoms with E-state index in [-0.39, 0.29) is 45.0 Å². The monoisotopic (exact) mass is 633 g/mol. The maximum absolute atomic E-state index is 14.6. The minimum atomic E-state index is -1.48. The van der Waals surface area contributed by atoms with Gasteiger partial charge in [-0.15, -0.1) is 0 Å². The molecule has 2 saturated heterocycles. The van der Waals surface area contributed by atoms with Gasteiger partial charge < -0.3 is 29.7 Å². The molecule has 0 aliphatic carbocycles. The number of ether oxygens (including phenoxy) is 2. The molecular formula is C34H36ClN3O7. The molecule has 0 saturated carbocycles. The first-order valence-corrected chi connectivity index (χ1v) is 15.7. The summed E-state index contributed by atoms with van der Waals surface area (Å²) >= 11 is 6.61. The van der Waals surface area contributed by atoms with E-state index in [4.69, 9.17) is 21.1 Å². The number of cyclic esters (lactones) is 1. The molecule has 6 rings (SSSR count). The number of aliphatic hydroxyl groups is 1. The first-order valence-electron chi connectivity index (χ1n) is 15.3. The zero-order valence-corrected chi connectivity index (χ0v) is 25.7.